The summed E-state index contributed by atoms with van der Waals surface area (Å²) < 4.78 is 28.6. The second-order valence-electron chi connectivity index (χ2n) is 9.73. The van der Waals surface area contributed by atoms with Gasteiger partial charge in [0.1, 0.15) is 12.6 Å². The summed E-state index contributed by atoms with van der Waals surface area (Å²) >= 11 is 12.4. The van der Waals surface area contributed by atoms with E-state index in [0.717, 1.165) is 9.87 Å². The average molecular weight is 591 g/mol. The van der Waals surface area contributed by atoms with Crippen molar-refractivity contribution >= 4 is 50.7 Å². The summed E-state index contributed by atoms with van der Waals surface area (Å²) in [5.74, 6) is -0.690. The van der Waals surface area contributed by atoms with Crippen molar-refractivity contribution < 1.29 is 18.0 Å². The van der Waals surface area contributed by atoms with Gasteiger partial charge in [-0.05, 0) is 67.8 Å². The molecular formula is C29H33Cl2N3O4S. The van der Waals surface area contributed by atoms with Crippen LogP contribution in [0.4, 0.5) is 5.69 Å². The summed E-state index contributed by atoms with van der Waals surface area (Å²) in [6.07, 6.45) is 0. The lowest BCUT2D eigenvalue weighted by Crippen LogP contribution is -2.51. The third-order valence-corrected chi connectivity index (χ3v) is 8.56. The van der Waals surface area contributed by atoms with E-state index in [-0.39, 0.29) is 29.0 Å². The Balaban J connectivity index is 2.01. The Morgan fingerprint density at radius 3 is 2.10 bits per heavy atom. The van der Waals surface area contributed by atoms with Crippen LogP contribution in [0.15, 0.2) is 77.7 Å². The molecule has 3 aromatic carbocycles. The molecule has 0 spiro atoms. The molecule has 0 aromatic heterocycles. The summed E-state index contributed by atoms with van der Waals surface area (Å²) in [5, 5.41) is 3.72. The molecule has 0 aliphatic carbocycles. The van der Waals surface area contributed by atoms with Crippen molar-refractivity contribution in [3.05, 3.63) is 94.0 Å². The van der Waals surface area contributed by atoms with E-state index in [2.05, 4.69) is 5.32 Å². The highest BCUT2D eigenvalue weighted by atomic mass is 35.5. The molecule has 2 amide bonds. The first kappa shape index (κ1) is 30.5. The zero-order valence-electron chi connectivity index (χ0n) is 22.4. The number of carbonyl (C=O) groups excluding carboxylic acids is 2. The van der Waals surface area contributed by atoms with E-state index in [9.17, 15) is 18.0 Å². The normalized spacial score (nSPS) is 12.2. The standard InChI is InChI=1S/C29H33Cl2N3O4S/c1-20(2)17-32-29(36)22(4)33(18-23-7-5-6-8-27(23)31)28(35)19-34(25-13-11-24(30)12-14-25)39(37,38)26-15-9-21(3)10-16-26/h5-16,20,22H,17-19H2,1-4H3,(H,32,36)/t22-/m1/s1. The van der Waals surface area contributed by atoms with E-state index in [1.165, 1.54) is 17.0 Å². The molecule has 0 fully saturated rings. The van der Waals surface area contributed by atoms with Gasteiger partial charge in [-0.15, -0.1) is 0 Å². The topological polar surface area (TPSA) is 86.8 Å². The number of hydrogen-bond donors (Lipinski definition) is 1. The molecule has 1 atom stereocenters. The van der Waals surface area contributed by atoms with Crippen LogP contribution >= 0.6 is 23.2 Å². The van der Waals surface area contributed by atoms with Crippen LogP contribution in [0.25, 0.3) is 0 Å². The quantitative estimate of drug-likeness (QED) is 0.311. The van der Waals surface area contributed by atoms with Crippen molar-refractivity contribution in [2.75, 3.05) is 17.4 Å². The highest BCUT2D eigenvalue weighted by Gasteiger charge is 2.32. The van der Waals surface area contributed by atoms with Gasteiger partial charge in [0.05, 0.1) is 10.6 Å². The highest BCUT2D eigenvalue weighted by molar-refractivity contribution is 7.92. The number of halogens is 2. The molecular weight excluding hydrogens is 557 g/mol. The zero-order valence-corrected chi connectivity index (χ0v) is 24.7. The summed E-state index contributed by atoms with van der Waals surface area (Å²) in [5.41, 5.74) is 1.80. The number of nitrogens with zero attached hydrogens (tertiary/aromatic N) is 2. The number of amides is 2. The lowest BCUT2D eigenvalue weighted by Gasteiger charge is -2.32. The monoisotopic (exact) mass is 589 g/mol. The molecule has 0 aliphatic rings. The summed E-state index contributed by atoms with van der Waals surface area (Å²) in [6.45, 7) is 7.34. The number of sulfonamides is 1. The maximum atomic E-state index is 13.9. The van der Waals surface area contributed by atoms with E-state index < -0.39 is 28.5 Å². The maximum Gasteiger partial charge on any atom is 0.264 e. The number of anilines is 1. The van der Waals surface area contributed by atoms with Crippen molar-refractivity contribution in [2.24, 2.45) is 5.92 Å². The van der Waals surface area contributed by atoms with Crippen molar-refractivity contribution in [1.82, 2.24) is 10.2 Å². The van der Waals surface area contributed by atoms with Crippen LogP contribution in [-0.4, -0.2) is 44.3 Å². The Hall–Kier alpha value is -3.07. The lowest BCUT2D eigenvalue weighted by molar-refractivity contribution is -0.139. The molecule has 0 saturated heterocycles. The van der Waals surface area contributed by atoms with Crippen LogP contribution in [0.5, 0.6) is 0 Å². The Bertz CT molecular complexity index is 1390. The van der Waals surface area contributed by atoms with Gasteiger partial charge in [0.15, 0.2) is 0 Å². The largest absolute Gasteiger partial charge is 0.354 e. The Morgan fingerprint density at radius 1 is 0.897 bits per heavy atom. The number of aryl methyl sites for hydroxylation is 1. The zero-order chi connectivity index (χ0) is 28.7. The van der Waals surface area contributed by atoms with Gasteiger partial charge in [0, 0.05) is 23.1 Å². The maximum absolute atomic E-state index is 13.9. The van der Waals surface area contributed by atoms with Gasteiger partial charge in [-0.2, -0.15) is 0 Å². The molecule has 0 radical (unpaired) electrons. The minimum Gasteiger partial charge on any atom is -0.354 e. The molecule has 3 aromatic rings. The molecule has 3 rings (SSSR count). The SMILES string of the molecule is Cc1ccc(S(=O)(=O)N(CC(=O)N(Cc2ccccc2Cl)[C@H](C)C(=O)NCC(C)C)c2ccc(Cl)cc2)cc1. The third kappa shape index (κ3) is 7.97. The first-order valence-electron chi connectivity index (χ1n) is 12.6. The van der Waals surface area contributed by atoms with Crippen LogP contribution in [0.2, 0.25) is 10.0 Å². The fraction of sp³-hybridized carbons (Fsp3) is 0.310. The molecule has 10 heteroatoms. The average Bonchev–Trinajstić information content (AvgIpc) is 2.90. The summed E-state index contributed by atoms with van der Waals surface area (Å²) in [4.78, 5) is 28.3. The van der Waals surface area contributed by atoms with Gasteiger partial charge in [-0.3, -0.25) is 13.9 Å². The van der Waals surface area contributed by atoms with Crippen LogP contribution in [0.1, 0.15) is 31.9 Å². The molecule has 0 heterocycles. The fourth-order valence-corrected chi connectivity index (χ4v) is 5.55. The van der Waals surface area contributed by atoms with Gasteiger partial charge < -0.3 is 10.2 Å². The van der Waals surface area contributed by atoms with Crippen LogP contribution in [0.3, 0.4) is 0 Å². The molecule has 39 heavy (non-hydrogen) atoms. The number of benzene rings is 3. The Labute approximate surface area is 240 Å². The summed E-state index contributed by atoms with van der Waals surface area (Å²) in [7, 11) is -4.14. The fourth-order valence-electron chi connectivity index (χ4n) is 3.82. The highest BCUT2D eigenvalue weighted by Crippen LogP contribution is 2.27. The van der Waals surface area contributed by atoms with Crippen molar-refractivity contribution in [1.29, 1.82) is 0 Å². The van der Waals surface area contributed by atoms with E-state index in [4.69, 9.17) is 23.2 Å². The summed E-state index contributed by atoms with van der Waals surface area (Å²) in [6, 6.07) is 18.7. The van der Waals surface area contributed by atoms with Gasteiger partial charge in [0.25, 0.3) is 10.0 Å². The van der Waals surface area contributed by atoms with E-state index in [0.29, 0.717) is 22.2 Å². The van der Waals surface area contributed by atoms with E-state index in [1.54, 1.807) is 67.6 Å². The molecule has 0 bridgehead atoms. The predicted octanol–water partition coefficient (Wildman–Crippen LogP) is 5.69. The Kier molecular flexibility index (Phi) is 10.4. The Morgan fingerprint density at radius 2 is 1.51 bits per heavy atom. The van der Waals surface area contributed by atoms with E-state index in [1.807, 2.05) is 20.8 Å². The predicted molar refractivity (Wildman–Crippen MR) is 156 cm³/mol. The molecule has 0 saturated carbocycles. The van der Waals surface area contributed by atoms with Gasteiger partial charge >= 0.3 is 0 Å². The number of hydrogen-bond acceptors (Lipinski definition) is 4. The molecule has 1 N–H and O–H groups in total. The lowest BCUT2D eigenvalue weighted by atomic mass is 10.1. The van der Waals surface area contributed by atoms with Crippen LogP contribution in [0, 0.1) is 12.8 Å². The van der Waals surface area contributed by atoms with Crippen LogP contribution < -0.4 is 9.62 Å². The van der Waals surface area contributed by atoms with Gasteiger partial charge in [-0.25, -0.2) is 8.42 Å². The second kappa shape index (κ2) is 13.3. The number of rotatable bonds is 11. The van der Waals surface area contributed by atoms with Crippen molar-refractivity contribution in [2.45, 2.75) is 45.2 Å². The first-order valence-corrected chi connectivity index (χ1v) is 14.7. The smallest absolute Gasteiger partial charge is 0.264 e. The van der Waals surface area contributed by atoms with Crippen molar-refractivity contribution in [3.63, 3.8) is 0 Å². The first-order chi connectivity index (χ1) is 18.4. The number of carbonyl (C=O) groups is 2. The minimum atomic E-state index is -4.14. The molecule has 0 unspecified atom stereocenters. The van der Waals surface area contributed by atoms with Crippen molar-refractivity contribution in [3.8, 4) is 0 Å². The third-order valence-electron chi connectivity index (χ3n) is 6.15. The van der Waals surface area contributed by atoms with Gasteiger partial charge in [0.2, 0.25) is 11.8 Å². The number of nitrogens with one attached hydrogen (secondary N) is 1. The minimum absolute atomic E-state index is 0.0216. The molecule has 208 valence electrons. The van der Waals surface area contributed by atoms with Gasteiger partial charge in [-0.1, -0.05) is 72.9 Å². The second-order valence-corrected chi connectivity index (χ2v) is 12.4. The molecule has 0 aliphatic heterocycles. The molecule has 7 nitrogen and oxygen atoms in total. The van der Waals surface area contributed by atoms with E-state index >= 15 is 0 Å². The van der Waals surface area contributed by atoms with Crippen LogP contribution in [-0.2, 0) is 26.2 Å².